The van der Waals surface area contributed by atoms with Gasteiger partial charge in [0.25, 0.3) is 0 Å². The minimum absolute atomic E-state index is 0.210. The number of fused-ring (bicyclic) bond motifs is 1. The van der Waals surface area contributed by atoms with Crippen LogP contribution in [0.5, 0.6) is 0 Å². The Kier molecular flexibility index (Phi) is 4.52. The van der Waals surface area contributed by atoms with Gasteiger partial charge in [0.15, 0.2) is 5.60 Å². The van der Waals surface area contributed by atoms with Gasteiger partial charge >= 0.3 is 5.97 Å². The second-order valence-electron chi connectivity index (χ2n) is 6.16. The predicted octanol–water partition coefficient (Wildman–Crippen LogP) is 0.702. The molecule has 0 unspecified atom stereocenters. The van der Waals surface area contributed by atoms with Gasteiger partial charge in [0.05, 0.1) is 6.10 Å². The van der Waals surface area contributed by atoms with Crippen LogP contribution < -0.4 is 0 Å². The van der Waals surface area contributed by atoms with E-state index < -0.39 is 23.6 Å². The zero-order chi connectivity index (χ0) is 14.9. The number of nitrogens with zero attached hydrogens (tertiary/aromatic N) is 1. The molecule has 0 aromatic carbocycles. The number of ether oxygens (including phenoxy) is 1. The molecule has 3 atom stereocenters. The first-order valence-electron chi connectivity index (χ1n) is 7.38. The van der Waals surface area contributed by atoms with E-state index in [1.807, 2.05) is 0 Å². The number of aliphatic hydroxyl groups excluding tert-OH is 1. The van der Waals surface area contributed by atoms with E-state index in [4.69, 9.17) is 4.74 Å². The zero-order valence-electron chi connectivity index (χ0n) is 12.5. The van der Waals surface area contributed by atoms with Crippen LogP contribution in [-0.2, 0) is 9.53 Å². The Morgan fingerprint density at radius 1 is 1.55 bits per heavy atom. The Morgan fingerprint density at radius 2 is 2.25 bits per heavy atom. The number of carbonyl (C=O) groups is 1. The lowest BCUT2D eigenvalue weighted by Crippen LogP contribution is -2.53. The molecule has 2 heterocycles. The van der Waals surface area contributed by atoms with Gasteiger partial charge in [0.1, 0.15) is 6.61 Å². The SMILES string of the molecule is CC(C)[C@@](O)(C(=O)OCC1=CCN2CCC[C@H]12)[C@H](C)O. The molecule has 2 aliphatic rings. The number of rotatable bonds is 5. The smallest absolute Gasteiger partial charge is 0.341 e. The molecule has 1 fully saturated rings. The van der Waals surface area contributed by atoms with E-state index in [2.05, 4.69) is 11.0 Å². The standard InChI is InChI=1S/C15H25NO4/c1-10(2)15(19,11(3)17)14(18)20-9-12-6-8-16-7-4-5-13(12)16/h6,10-11,13,17,19H,4-5,7-9H2,1-3H3/t11-,13+,15-/m0/s1. The van der Waals surface area contributed by atoms with E-state index in [0.717, 1.165) is 25.1 Å². The maximum absolute atomic E-state index is 12.1. The predicted molar refractivity (Wildman–Crippen MR) is 75.1 cm³/mol. The fourth-order valence-corrected chi connectivity index (χ4v) is 3.14. The molecule has 0 bridgehead atoms. The first-order valence-corrected chi connectivity index (χ1v) is 7.38. The van der Waals surface area contributed by atoms with Gasteiger partial charge in [-0.25, -0.2) is 4.79 Å². The Morgan fingerprint density at radius 3 is 2.85 bits per heavy atom. The fourth-order valence-electron chi connectivity index (χ4n) is 3.14. The van der Waals surface area contributed by atoms with Crippen molar-refractivity contribution in [1.82, 2.24) is 4.90 Å². The third kappa shape index (κ3) is 2.62. The van der Waals surface area contributed by atoms with Crippen molar-refractivity contribution < 1.29 is 19.7 Å². The summed E-state index contributed by atoms with van der Waals surface area (Å²) in [7, 11) is 0. The summed E-state index contributed by atoms with van der Waals surface area (Å²) in [6.45, 7) is 7.03. The van der Waals surface area contributed by atoms with Crippen LogP contribution in [0.4, 0.5) is 0 Å². The lowest BCUT2D eigenvalue weighted by Gasteiger charge is -2.32. The van der Waals surface area contributed by atoms with E-state index in [0.29, 0.717) is 6.04 Å². The quantitative estimate of drug-likeness (QED) is 0.574. The number of carbonyl (C=O) groups excluding carboxylic acids is 1. The molecule has 0 spiro atoms. The Bertz CT molecular complexity index is 395. The van der Waals surface area contributed by atoms with Crippen molar-refractivity contribution in [3.63, 3.8) is 0 Å². The van der Waals surface area contributed by atoms with Crippen LogP contribution in [0, 0.1) is 5.92 Å². The van der Waals surface area contributed by atoms with Crippen molar-refractivity contribution in [3.05, 3.63) is 11.6 Å². The average molecular weight is 283 g/mol. The van der Waals surface area contributed by atoms with Crippen molar-refractivity contribution in [3.8, 4) is 0 Å². The summed E-state index contributed by atoms with van der Waals surface area (Å²) in [6, 6.07) is 0.390. The van der Waals surface area contributed by atoms with Crippen LogP contribution in [0.3, 0.4) is 0 Å². The number of hydrogen-bond donors (Lipinski definition) is 2. The molecule has 114 valence electrons. The number of aliphatic hydroxyl groups is 2. The van der Waals surface area contributed by atoms with E-state index in [9.17, 15) is 15.0 Å². The third-order valence-corrected chi connectivity index (χ3v) is 4.59. The van der Waals surface area contributed by atoms with Gasteiger partial charge in [-0.05, 0) is 37.8 Å². The molecule has 20 heavy (non-hydrogen) atoms. The average Bonchev–Trinajstić information content (AvgIpc) is 2.97. The summed E-state index contributed by atoms with van der Waals surface area (Å²) < 4.78 is 5.28. The molecule has 0 aliphatic carbocycles. The van der Waals surface area contributed by atoms with Gasteiger partial charge < -0.3 is 14.9 Å². The first-order chi connectivity index (χ1) is 9.37. The maximum Gasteiger partial charge on any atom is 0.341 e. The van der Waals surface area contributed by atoms with E-state index >= 15 is 0 Å². The summed E-state index contributed by atoms with van der Waals surface area (Å²) in [5.41, 5.74) is -0.721. The lowest BCUT2D eigenvalue weighted by atomic mass is 9.85. The molecule has 1 saturated heterocycles. The number of hydrogen-bond acceptors (Lipinski definition) is 5. The Hall–Kier alpha value is -0.910. The van der Waals surface area contributed by atoms with Gasteiger partial charge in [-0.2, -0.15) is 0 Å². The summed E-state index contributed by atoms with van der Waals surface area (Å²) in [5, 5.41) is 20.0. The van der Waals surface area contributed by atoms with Crippen LogP contribution in [0.15, 0.2) is 11.6 Å². The minimum atomic E-state index is -1.84. The van der Waals surface area contributed by atoms with Crippen LogP contribution in [0.25, 0.3) is 0 Å². The van der Waals surface area contributed by atoms with Crippen molar-refractivity contribution in [2.24, 2.45) is 5.92 Å². The summed E-state index contributed by atoms with van der Waals surface area (Å²) >= 11 is 0. The second kappa shape index (κ2) is 5.84. The second-order valence-corrected chi connectivity index (χ2v) is 6.16. The maximum atomic E-state index is 12.1. The molecular weight excluding hydrogens is 258 g/mol. The molecule has 5 heteroatoms. The van der Waals surface area contributed by atoms with Gasteiger partial charge in [-0.1, -0.05) is 19.9 Å². The zero-order valence-corrected chi connectivity index (χ0v) is 12.5. The summed E-state index contributed by atoms with van der Waals surface area (Å²) in [6.07, 6.45) is 3.23. The van der Waals surface area contributed by atoms with Crippen LogP contribution in [-0.4, -0.2) is 58.5 Å². The van der Waals surface area contributed by atoms with E-state index in [1.165, 1.54) is 13.3 Å². The molecule has 0 radical (unpaired) electrons. The molecule has 5 nitrogen and oxygen atoms in total. The highest BCUT2D eigenvalue weighted by Crippen LogP contribution is 2.29. The monoisotopic (exact) mass is 283 g/mol. The van der Waals surface area contributed by atoms with Crippen LogP contribution in [0.2, 0.25) is 0 Å². The van der Waals surface area contributed by atoms with Gasteiger partial charge in [0.2, 0.25) is 0 Å². The molecule has 0 amide bonds. The highest BCUT2D eigenvalue weighted by molar-refractivity contribution is 5.80. The topological polar surface area (TPSA) is 70.0 Å². The minimum Gasteiger partial charge on any atom is -0.459 e. The van der Waals surface area contributed by atoms with Gasteiger partial charge in [0, 0.05) is 12.6 Å². The van der Waals surface area contributed by atoms with Crippen LogP contribution in [0.1, 0.15) is 33.6 Å². The fraction of sp³-hybridized carbons (Fsp3) is 0.800. The van der Waals surface area contributed by atoms with Gasteiger partial charge in [-0.3, -0.25) is 4.90 Å². The van der Waals surface area contributed by atoms with E-state index in [-0.39, 0.29) is 6.61 Å². The Labute approximate surface area is 120 Å². The van der Waals surface area contributed by atoms with Crippen molar-refractivity contribution in [1.29, 1.82) is 0 Å². The molecule has 0 aromatic rings. The molecule has 0 saturated carbocycles. The largest absolute Gasteiger partial charge is 0.459 e. The Balaban J connectivity index is 1.95. The highest BCUT2D eigenvalue weighted by Gasteiger charge is 2.46. The van der Waals surface area contributed by atoms with E-state index in [1.54, 1.807) is 13.8 Å². The molecule has 0 aromatic heterocycles. The summed E-state index contributed by atoms with van der Waals surface area (Å²) in [4.78, 5) is 14.5. The highest BCUT2D eigenvalue weighted by atomic mass is 16.6. The lowest BCUT2D eigenvalue weighted by molar-refractivity contribution is -0.183. The normalized spacial score (nSPS) is 27.1. The molecule has 2 N–H and O–H groups in total. The molecule has 2 aliphatic heterocycles. The van der Waals surface area contributed by atoms with Crippen molar-refractivity contribution >= 4 is 5.97 Å². The van der Waals surface area contributed by atoms with Crippen molar-refractivity contribution in [2.75, 3.05) is 19.7 Å². The van der Waals surface area contributed by atoms with Crippen LogP contribution >= 0.6 is 0 Å². The summed E-state index contributed by atoms with van der Waals surface area (Å²) in [5.74, 6) is -1.14. The molecule has 2 rings (SSSR count). The first kappa shape index (κ1) is 15.5. The third-order valence-electron chi connectivity index (χ3n) is 4.59. The molecular formula is C15H25NO4. The van der Waals surface area contributed by atoms with Crippen molar-refractivity contribution in [2.45, 2.75) is 51.4 Å². The number of esters is 1. The van der Waals surface area contributed by atoms with Gasteiger partial charge in [-0.15, -0.1) is 0 Å².